The van der Waals surface area contributed by atoms with Crippen molar-refractivity contribution in [2.45, 2.75) is 13.2 Å². The maximum Gasteiger partial charge on any atom is 0.410 e. The predicted octanol–water partition coefficient (Wildman–Crippen LogP) is 3.26. The van der Waals surface area contributed by atoms with Crippen LogP contribution in [0.15, 0.2) is 54.6 Å². The van der Waals surface area contributed by atoms with Crippen LogP contribution in [0.25, 0.3) is 0 Å². The van der Waals surface area contributed by atoms with Crippen LogP contribution in [0.2, 0.25) is 0 Å². The summed E-state index contributed by atoms with van der Waals surface area (Å²) in [4.78, 5) is 13.4. The van der Waals surface area contributed by atoms with Crippen molar-refractivity contribution >= 4 is 6.09 Å². The third-order valence-corrected chi connectivity index (χ3v) is 2.72. The molecule has 3 nitrogen and oxygen atoms in total. The lowest BCUT2D eigenvalue weighted by atomic mass is 10.2. The highest BCUT2D eigenvalue weighted by atomic mass is 16.6. The Morgan fingerprint density at radius 3 is 2.47 bits per heavy atom. The van der Waals surface area contributed by atoms with Crippen LogP contribution < -0.4 is 0 Å². The van der Waals surface area contributed by atoms with E-state index in [2.05, 4.69) is 6.07 Å². The maximum absolute atomic E-state index is 11.8. The highest BCUT2D eigenvalue weighted by Crippen LogP contribution is 2.06. The van der Waals surface area contributed by atoms with E-state index in [0.717, 1.165) is 11.1 Å². The van der Waals surface area contributed by atoms with Crippen LogP contribution in [-0.2, 0) is 17.9 Å². The van der Waals surface area contributed by atoms with Crippen LogP contribution in [-0.4, -0.2) is 18.0 Å². The normalized spacial score (nSPS) is 9.95. The molecule has 2 rings (SSSR count). The Bertz CT molecular complexity index is 511. The zero-order valence-corrected chi connectivity index (χ0v) is 10.9. The van der Waals surface area contributed by atoms with Gasteiger partial charge in [0.25, 0.3) is 0 Å². The maximum atomic E-state index is 11.8. The summed E-state index contributed by atoms with van der Waals surface area (Å²) in [6, 6.07) is 20.1. The van der Waals surface area contributed by atoms with Gasteiger partial charge in [-0.2, -0.15) is 0 Å². The molecule has 0 unspecified atom stereocenters. The van der Waals surface area contributed by atoms with E-state index in [-0.39, 0.29) is 6.09 Å². The van der Waals surface area contributed by atoms with Crippen molar-refractivity contribution in [2.24, 2.45) is 0 Å². The van der Waals surface area contributed by atoms with Crippen LogP contribution in [0.1, 0.15) is 11.1 Å². The summed E-state index contributed by atoms with van der Waals surface area (Å²) in [7, 11) is 1.73. The molecule has 0 N–H and O–H groups in total. The molecule has 0 aromatic heterocycles. The average Bonchev–Trinajstić information content (AvgIpc) is 2.47. The van der Waals surface area contributed by atoms with Gasteiger partial charge in [0, 0.05) is 13.6 Å². The molecule has 0 fully saturated rings. The van der Waals surface area contributed by atoms with Gasteiger partial charge < -0.3 is 9.64 Å². The number of amides is 1. The third-order valence-electron chi connectivity index (χ3n) is 2.72. The zero-order valence-electron chi connectivity index (χ0n) is 10.9. The number of ether oxygens (including phenoxy) is 1. The summed E-state index contributed by atoms with van der Waals surface area (Å²) in [6.45, 7) is 0.828. The molecular formula is C16H16NO2. The Hall–Kier alpha value is -2.29. The average molecular weight is 254 g/mol. The van der Waals surface area contributed by atoms with Crippen molar-refractivity contribution in [3.63, 3.8) is 0 Å². The Morgan fingerprint density at radius 2 is 1.79 bits per heavy atom. The van der Waals surface area contributed by atoms with E-state index in [0.29, 0.717) is 13.2 Å². The molecule has 1 radical (unpaired) electrons. The minimum Gasteiger partial charge on any atom is -0.445 e. The van der Waals surface area contributed by atoms with E-state index in [1.165, 1.54) is 0 Å². The minimum atomic E-state index is -0.323. The van der Waals surface area contributed by atoms with Gasteiger partial charge in [-0.15, -0.1) is 0 Å². The fourth-order valence-corrected chi connectivity index (χ4v) is 1.69. The van der Waals surface area contributed by atoms with Crippen molar-refractivity contribution in [2.75, 3.05) is 7.05 Å². The van der Waals surface area contributed by atoms with Gasteiger partial charge in [0.05, 0.1) is 0 Å². The Labute approximate surface area is 113 Å². The first-order chi connectivity index (χ1) is 9.25. The van der Waals surface area contributed by atoms with E-state index >= 15 is 0 Å². The van der Waals surface area contributed by atoms with Gasteiger partial charge in [0.1, 0.15) is 6.61 Å². The van der Waals surface area contributed by atoms with Crippen molar-refractivity contribution in [3.8, 4) is 0 Å². The summed E-state index contributed by atoms with van der Waals surface area (Å²) in [5.74, 6) is 0. The first-order valence-corrected chi connectivity index (χ1v) is 6.12. The first-order valence-electron chi connectivity index (χ1n) is 6.12. The molecule has 3 heteroatoms. The second-order valence-electron chi connectivity index (χ2n) is 4.30. The van der Waals surface area contributed by atoms with Crippen molar-refractivity contribution in [3.05, 3.63) is 71.8 Å². The molecule has 0 aliphatic carbocycles. The summed E-state index contributed by atoms with van der Waals surface area (Å²) >= 11 is 0. The third kappa shape index (κ3) is 4.14. The lowest BCUT2D eigenvalue weighted by Gasteiger charge is -2.17. The van der Waals surface area contributed by atoms with Crippen molar-refractivity contribution in [1.29, 1.82) is 0 Å². The molecule has 0 aliphatic rings. The standard InChI is InChI=1S/C16H16NO2/c1-17(12-14-8-4-2-5-9-14)16(18)19-13-15-10-6-3-7-11-15/h3-11H,12-13H2,1H3. The lowest BCUT2D eigenvalue weighted by Crippen LogP contribution is -2.26. The second kappa shape index (κ2) is 6.59. The molecule has 0 saturated heterocycles. The van der Waals surface area contributed by atoms with E-state index in [9.17, 15) is 4.79 Å². The fraction of sp³-hybridized carbons (Fsp3) is 0.188. The molecule has 97 valence electrons. The number of benzene rings is 2. The number of carbonyl (C=O) groups excluding carboxylic acids is 1. The molecule has 1 amide bonds. The monoisotopic (exact) mass is 254 g/mol. The summed E-state index contributed by atoms with van der Waals surface area (Å²) in [5, 5.41) is 0. The molecule has 2 aromatic carbocycles. The summed E-state index contributed by atoms with van der Waals surface area (Å²) in [5.41, 5.74) is 2.04. The Morgan fingerprint density at radius 1 is 1.11 bits per heavy atom. The smallest absolute Gasteiger partial charge is 0.410 e. The Balaban J connectivity index is 1.83. The van der Waals surface area contributed by atoms with Crippen LogP contribution >= 0.6 is 0 Å². The van der Waals surface area contributed by atoms with Gasteiger partial charge in [0.15, 0.2) is 0 Å². The molecule has 2 aromatic rings. The number of carbonyl (C=O) groups is 1. The van der Waals surface area contributed by atoms with Gasteiger partial charge in [-0.1, -0.05) is 54.6 Å². The van der Waals surface area contributed by atoms with Crippen LogP contribution in [0, 0.1) is 6.07 Å². The molecule has 0 atom stereocenters. The Kier molecular flexibility index (Phi) is 4.56. The molecule has 0 saturated carbocycles. The van der Waals surface area contributed by atoms with E-state index in [4.69, 9.17) is 4.74 Å². The van der Waals surface area contributed by atoms with E-state index < -0.39 is 0 Å². The molecule has 0 heterocycles. The molecule has 0 spiro atoms. The first kappa shape index (κ1) is 13.1. The minimum absolute atomic E-state index is 0.298. The number of hydrogen-bond acceptors (Lipinski definition) is 2. The molecule has 0 bridgehead atoms. The topological polar surface area (TPSA) is 29.5 Å². The van der Waals surface area contributed by atoms with E-state index in [1.54, 1.807) is 11.9 Å². The predicted molar refractivity (Wildman–Crippen MR) is 73.4 cm³/mol. The highest BCUT2D eigenvalue weighted by Gasteiger charge is 2.10. The van der Waals surface area contributed by atoms with Gasteiger partial charge in [0.2, 0.25) is 0 Å². The number of rotatable bonds is 4. The SMILES string of the molecule is CN(Cc1cc[c]cc1)C(=O)OCc1ccccc1. The lowest BCUT2D eigenvalue weighted by molar-refractivity contribution is 0.103. The molecule has 19 heavy (non-hydrogen) atoms. The van der Waals surface area contributed by atoms with Crippen LogP contribution in [0.4, 0.5) is 4.79 Å². The van der Waals surface area contributed by atoms with Gasteiger partial charge in [-0.3, -0.25) is 0 Å². The van der Waals surface area contributed by atoms with Gasteiger partial charge >= 0.3 is 6.09 Å². The van der Waals surface area contributed by atoms with E-state index in [1.807, 2.05) is 54.6 Å². The molecular weight excluding hydrogens is 238 g/mol. The van der Waals surface area contributed by atoms with Gasteiger partial charge in [-0.25, -0.2) is 4.79 Å². The van der Waals surface area contributed by atoms with Crippen LogP contribution in [0.3, 0.4) is 0 Å². The summed E-state index contributed by atoms with van der Waals surface area (Å²) in [6.07, 6.45) is -0.323. The van der Waals surface area contributed by atoms with Crippen molar-refractivity contribution in [1.82, 2.24) is 4.90 Å². The second-order valence-corrected chi connectivity index (χ2v) is 4.30. The highest BCUT2D eigenvalue weighted by molar-refractivity contribution is 5.67. The van der Waals surface area contributed by atoms with Crippen molar-refractivity contribution < 1.29 is 9.53 Å². The molecule has 0 aliphatic heterocycles. The fourth-order valence-electron chi connectivity index (χ4n) is 1.69. The van der Waals surface area contributed by atoms with Crippen LogP contribution in [0.5, 0.6) is 0 Å². The van der Waals surface area contributed by atoms with Gasteiger partial charge in [-0.05, 0) is 17.2 Å². The summed E-state index contributed by atoms with van der Waals surface area (Å²) < 4.78 is 5.24. The number of nitrogens with zero attached hydrogens (tertiary/aromatic N) is 1. The quantitative estimate of drug-likeness (QED) is 0.838. The zero-order chi connectivity index (χ0) is 13.5. The largest absolute Gasteiger partial charge is 0.445 e. The number of hydrogen-bond donors (Lipinski definition) is 0.